The minimum atomic E-state index is -3.72. The molecule has 4 rings (SSSR count). The largest absolute Gasteiger partial charge is 0.380 e. The molecule has 0 saturated heterocycles. The van der Waals surface area contributed by atoms with Crippen molar-refractivity contribution < 1.29 is 13.2 Å². The predicted octanol–water partition coefficient (Wildman–Crippen LogP) is 4.72. The zero-order chi connectivity index (χ0) is 21.3. The Morgan fingerprint density at radius 2 is 1.93 bits per heavy atom. The van der Waals surface area contributed by atoms with Crippen LogP contribution in [0.3, 0.4) is 0 Å². The lowest BCUT2D eigenvalue weighted by Crippen LogP contribution is -2.20. The van der Waals surface area contributed by atoms with Crippen molar-refractivity contribution in [1.29, 1.82) is 0 Å². The third-order valence-electron chi connectivity index (χ3n) is 5.72. The number of hydrogen-bond donors (Lipinski definition) is 1. The summed E-state index contributed by atoms with van der Waals surface area (Å²) >= 11 is 1.62. The van der Waals surface area contributed by atoms with Crippen molar-refractivity contribution >= 4 is 37.1 Å². The van der Waals surface area contributed by atoms with Gasteiger partial charge >= 0.3 is 0 Å². The van der Waals surface area contributed by atoms with Gasteiger partial charge in [-0.2, -0.15) is 0 Å². The van der Waals surface area contributed by atoms with Gasteiger partial charge in [0.2, 0.25) is 0 Å². The second-order valence-electron chi connectivity index (χ2n) is 7.74. The minimum absolute atomic E-state index is 0.0939. The van der Waals surface area contributed by atoms with Crippen LogP contribution in [-0.4, -0.2) is 15.5 Å². The molecule has 158 valence electrons. The zero-order valence-corrected chi connectivity index (χ0v) is 18.7. The third-order valence-corrected chi connectivity index (χ3v) is 8.34. The van der Waals surface area contributed by atoms with E-state index < -0.39 is 10.0 Å². The van der Waals surface area contributed by atoms with E-state index in [1.165, 1.54) is 0 Å². The maximum absolute atomic E-state index is 12.9. The SMILES string of the molecule is CCC1CCc2c(sc3cc(NS(=O)(=O)c4ccc(COC)cc4)ccc3c2=O)C1. The molecule has 0 aliphatic heterocycles. The lowest BCUT2D eigenvalue weighted by atomic mass is 9.87. The summed E-state index contributed by atoms with van der Waals surface area (Å²) in [4.78, 5) is 14.3. The summed E-state index contributed by atoms with van der Waals surface area (Å²) < 4.78 is 34.1. The molecular weight excluding hydrogens is 418 g/mol. The van der Waals surface area contributed by atoms with Gasteiger partial charge in [-0.05, 0) is 61.1 Å². The smallest absolute Gasteiger partial charge is 0.261 e. The Kier molecular flexibility index (Phi) is 5.95. The van der Waals surface area contributed by atoms with Gasteiger partial charge in [-0.15, -0.1) is 11.3 Å². The van der Waals surface area contributed by atoms with E-state index in [1.54, 1.807) is 60.9 Å². The molecule has 0 bridgehead atoms. The first-order valence-electron chi connectivity index (χ1n) is 10.1. The fourth-order valence-corrected chi connectivity index (χ4v) is 6.37. The van der Waals surface area contributed by atoms with Gasteiger partial charge in [-0.1, -0.05) is 25.5 Å². The van der Waals surface area contributed by atoms with Gasteiger partial charge in [-0.25, -0.2) is 8.42 Å². The van der Waals surface area contributed by atoms with Crippen LogP contribution in [0.5, 0.6) is 0 Å². The number of rotatable bonds is 6. The standard InChI is InChI=1S/C23H25NO4S2/c1-3-15-6-10-19-21(12-15)29-22-13-17(7-11-20(22)23(19)25)24-30(26,27)18-8-4-16(5-9-18)14-28-2/h4-5,7-9,11,13,15,24H,3,6,10,12,14H2,1-2H3. The number of nitrogens with one attached hydrogen (secondary N) is 1. The molecule has 1 atom stereocenters. The van der Waals surface area contributed by atoms with Crippen molar-refractivity contribution in [3.8, 4) is 0 Å². The number of hydrogen-bond acceptors (Lipinski definition) is 5. The Bertz CT molecular complexity index is 1230. The number of methoxy groups -OCH3 is 1. The highest BCUT2D eigenvalue weighted by atomic mass is 32.2. The van der Waals surface area contributed by atoms with Crippen molar-refractivity contribution in [2.45, 2.75) is 44.1 Å². The molecule has 1 aliphatic rings. The molecule has 1 aromatic heterocycles. The molecule has 1 heterocycles. The lowest BCUT2D eigenvalue weighted by Gasteiger charge is -2.22. The quantitative estimate of drug-likeness (QED) is 0.598. The van der Waals surface area contributed by atoms with Crippen LogP contribution in [0.4, 0.5) is 5.69 Å². The van der Waals surface area contributed by atoms with E-state index in [1.807, 2.05) is 0 Å². The summed E-state index contributed by atoms with van der Waals surface area (Å²) in [6, 6.07) is 11.8. The average Bonchev–Trinajstić information content (AvgIpc) is 2.73. The van der Waals surface area contributed by atoms with Gasteiger partial charge in [0.05, 0.1) is 17.2 Å². The Morgan fingerprint density at radius 3 is 2.63 bits per heavy atom. The van der Waals surface area contributed by atoms with E-state index in [0.717, 1.165) is 46.4 Å². The number of fused-ring (bicyclic) bond motifs is 2. The first-order chi connectivity index (χ1) is 14.4. The summed E-state index contributed by atoms with van der Waals surface area (Å²) in [5.74, 6) is 0.619. The predicted molar refractivity (Wildman–Crippen MR) is 122 cm³/mol. The van der Waals surface area contributed by atoms with E-state index in [-0.39, 0.29) is 10.3 Å². The zero-order valence-electron chi connectivity index (χ0n) is 17.1. The lowest BCUT2D eigenvalue weighted by molar-refractivity contribution is 0.185. The van der Waals surface area contributed by atoms with Crippen molar-refractivity contribution in [3.63, 3.8) is 0 Å². The molecule has 30 heavy (non-hydrogen) atoms. The molecule has 1 aliphatic carbocycles. The summed E-state index contributed by atoms with van der Waals surface area (Å²) in [7, 11) is -2.12. The maximum atomic E-state index is 12.9. The Hall–Kier alpha value is -2.22. The van der Waals surface area contributed by atoms with Crippen molar-refractivity contribution in [2.24, 2.45) is 5.92 Å². The van der Waals surface area contributed by atoms with E-state index in [2.05, 4.69) is 11.6 Å². The fraction of sp³-hybridized carbons (Fsp3) is 0.348. The van der Waals surface area contributed by atoms with E-state index in [0.29, 0.717) is 23.6 Å². The summed E-state index contributed by atoms with van der Waals surface area (Å²) in [5, 5.41) is 0.667. The fourth-order valence-electron chi connectivity index (χ4n) is 3.97. The Labute approximate surface area is 180 Å². The molecule has 0 spiro atoms. The van der Waals surface area contributed by atoms with Crippen LogP contribution in [0.25, 0.3) is 10.1 Å². The number of sulfonamides is 1. The molecule has 7 heteroatoms. The number of benzene rings is 2. The second-order valence-corrected chi connectivity index (χ2v) is 10.6. The van der Waals surface area contributed by atoms with Crippen LogP contribution in [0, 0.1) is 5.92 Å². The average molecular weight is 444 g/mol. The molecule has 0 saturated carbocycles. The second kappa shape index (κ2) is 8.49. The highest BCUT2D eigenvalue weighted by Crippen LogP contribution is 2.33. The van der Waals surface area contributed by atoms with Crippen LogP contribution >= 0.6 is 11.3 Å². The highest BCUT2D eigenvalue weighted by molar-refractivity contribution is 7.92. The van der Waals surface area contributed by atoms with Gasteiger partial charge in [0.15, 0.2) is 5.43 Å². The molecule has 2 aromatic carbocycles. The molecule has 3 aromatic rings. The van der Waals surface area contributed by atoms with E-state index >= 15 is 0 Å². The van der Waals surface area contributed by atoms with Crippen LogP contribution in [0.15, 0.2) is 52.2 Å². The summed E-state index contributed by atoms with van der Waals surface area (Å²) in [5.41, 5.74) is 2.40. The van der Waals surface area contributed by atoms with Gasteiger partial charge < -0.3 is 4.74 Å². The minimum Gasteiger partial charge on any atom is -0.380 e. The van der Waals surface area contributed by atoms with Gasteiger partial charge in [0.1, 0.15) is 0 Å². The first-order valence-corrected chi connectivity index (χ1v) is 12.4. The van der Waals surface area contributed by atoms with Gasteiger partial charge in [0, 0.05) is 27.6 Å². The molecular formula is C23H25NO4S2. The number of anilines is 1. The first kappa shape index (κ1) is 21.0. The Morgan fingerprint density at radius 1 is 1.17 bits per heavy atom. The van der Waals surface area contributed by atoms with Gasteiger partial charge in [-0.3, -0.25) is 9.52 Å². The molecule has 5 nitrogen and oxygen atoms in total. The van der Waals surface area contributed by atoms with E-state index in [4.69, 9.17) is 4.74 Å². The topological polar surface area (TPSA) is 72.5 Å². The van der Waals surface area contributed by atoms with E-state index in [9.17, 15) is 13.2 Å². The van der Waals surface area contributed by atoms with Crippen molar-refractivity contribution in [3.05, 3.63) is 68.7 Å². The molecule has 0 fully saturated rings. The third kappa shape index (κ3) is 4.15. The summed E-state index contributed by atoms with van der Waals surface area (Å²) in [6.07, 6.45) is 3.96. The maximum Gasteiger partial charge on any atom is 0.261 e. The van der Waals surface area contributed by atoms with Crippen LogP contribution in [-0.2, 0) is 34.2 Å². The van der Waals surface area contributed by atoms with Gasteiger partial charge in [0.25, 0.3) is 10.0 Å². The van der Waals surface area contributed by atoms with Crippen molar-refractivity contribution in [1.82, 2.24) is 0 Å². The normalized spacial score (nSPS) is 16.4. The highest BCUT2D eigenvalue weighted by Gasteiger charge is 2.22. The van der Waals surface area contributed by atoms with Crippen LogP contribution in [0.1, 0.15) is 35.8 Å². The Balaban J connectivity index is 1.65. The molecule has 0 amide bonds. The van der Waals surface area contributed by atoms with Crippen LogP contribution < -0.4 is 10.2 Å². The summed E-state index contributed by atoms with van der Waals surface area (Å²) in [6.45, 7) is 2.62. The monoisotopic (exact) mass is 443 g/mol. The van der Waals surface area contributed by atoms with Crippen molar-refractivity contribution in [2.75, 3.05) is 11.8 Å². The van der Waals surface area contributed by atoms with Crippen LogP contribution in [0.2, 0.25) is 0 Å². The number of ether oxygens (including phenoxy) is 1. The molecule has 1 N–H and O–H groups in total. The molecule has 0 radical (unpaired) electrons. The molecule has 1 unspecified atom stereocenters.